The van der Waals surface area contributed by atoms with Gasteiger partial charge in [0.1, 0.15) is 0 Å². The first-order valence-corrected chi connectivity index (χ1v) is 6.69. The van der Waals surface area contributed by atoms with Gasteiger partial charge in [0.25, 0.3) is 0 Å². The molecule has 0 bridgehead atoms. The summed E-state index contributed by atoms with van der Waals surface area (Å²) in [5.41, 5.74) is 0. The molecule has 2 aliphatic rings. The van der Waals surface area contributed by atoms with E-state index in [-0.39, 0.29) is 0 Å². The molecule has 0 amide bonds. The van der Waals surface area contributed by atoms with Gasteiger partial charge in [-0.3, -0.25) is 4.90 Å². The Hall–Kier alpha value is -0.0800. The van der Waals surface area contributed by atoms with E-state index in [4.69, 9.17) is 0 Å². The molecule has 3 atom stereocenters. The van der Waals surface area contributed by atoms with Crippen LogP contribution in [0.4, 0.5) is 0 Å². The third-order valence-corrected chi connectivity index (χ3v) is 4.09. The summed E-state index contributed by atoms with van der Waals surface area (Å²) in [6.45, 7) is 9.50. The van der Waals surface area contributed by atoms with Gasteiger partial charge in [-0.1, -0.05) is 20.3 Å². The SMILES string of the molecule is CCC(C)CNC1CC(C)N(C2CC2)C1. The summed E-state index contributed by atoms with van der Waals surface area (Å²) in [6.07, 6.45) is 5.54. The number of nitrogens with one attached hydrogen (secondary N) is 1. The van der Waals surface area contributed by atoms with Crippen LogP contribution in [0.3, 0.4) is 0 Å². The monoisotopic (exact) mass is 210 g/mol. The minimum Gasteiger partial charge on any atom is -0.312 e. The third kappa shape index (κ3) is 2.94. The molecular formula is C13H26N2. The van der Waals surface area contributed by atoms with Crippen molar-refractivity contribution in [2.45, 2.75) is 64.6 Å². The fourth-order valence-corrected chi connectivity index (χ4v) is 2.63. The maximum Gasteiger partial charge on any atom is 0.0210 e. The van der Waals surface area contributed by atoms with E-state index in [9.17, 15) is 0 Å². The van der Waals surface area contributed by atoms with Crippen LogP contribution < -0.4 is 5.32 Å². The molecule has 1 aliphatic carbocycles. The number of hydrogen-bond donors (Lipinski definition) is 1. The van der Waals surface area contributed by atoms with Gasteiger partial charge in [-0.25, -0.2) is 0 Å². The van der Waals surface area contributed by atoms with Crippen molar-refractivity contribution >= 4 is 0 Å². The largest absolute Gasteiger partial charge is 0.312 e. The molecule has 1 heterocycles. The first kappa shape index (κ1) is 11.4. The quantitative estimate of drug-likeness (QED) is 0.749. The van der Waals surface area contributed by atoms with Gasteiger partial charge in [0.2, 0.25) is 0 Å². The molecule has 1 saturated heterocycles. The normalized spacial score (nSPS) is 34.6. The Balaban J connectivity index is 1.71. The molecule has 3 unspecified atom stereocenters. The maximum atomic E-state index is 3.73. The third-order valence-electron chi connectivity index (χ3n) is 4.09. The zero-order valence-corrected chi connectivity index (χ0v) is 10.5. The Labute approximate surface area is 94.4 Å². The first-order valence-electron chi connectivity index (χ1n) is 6.69. The zero-order chi connectivity index (χ0) is 10.8. The molecule has 0 radical (unpaired) electrons. The van der Waals surface area contributed by atoms with Crippen LogP contribution in [-0.2, 0) is 0 Å². The van der Waals surface area contributed by atoms with E-state index in [1.54, 1.807) is 0 Å². The summed E-state index contributed by atoms with van der Waals surface area (Å²) in [5.74, 6) is 0.829. The standard InChI is InChI=1S/C13H26N2/c1-4-10(2)8-14-12-7-11(3)15(9-12)13-5-6-13/h10-14H,4-9H2,1-3H3. The molecule has 0 spiro atoms. The van der Waals surface area contributed by atoms with Crippen molar-refractivity contribution in [2.24, 2.45) is 5.92 Å². The summed E-state index contributed by atoms with van der Waals surface area (Å²) >= 11 is 0. The molecule has 0 aromatic heterocycles. The molecule has 1 N–H and O–H groups in total. The lowest BCUT2D eigenvalue weighted by Gasteiger charge is -2.20. The molecule has 88 valence electrons. The van der Waals surface area contributed by atoms with E-state index < -0.39 is 0 Å². The molecule has 2 rings (SSSR count). The van der Waals surface area contributed by atoms with Crippen molar-refractivity contribution in [1.82, 2.24) is 10.2 Å². The number of likely N-dealkylation sites (tertiary alicyclic amines) is 1. The number of hydrogen-bond acceptors (Lipinski definition) is 2. The average molecular weight is 210 g/mol. The van der Waals surface area contributed by atoms with Gasteiger partial charge >= 0.3 is 0 Å². The van der Waals surface area contributed by atoms with Gasteiger partial charge < -0.3 is 5.32 Å². The van der Waals surface area contributed by atoms with Gasteiger partial charge in [0.05, 0.1) is 0 Å². The summed E-state index contributed by atoms with van der Waals surface area (Å²) < 4.78 is 0. The van der Waals surface area contributed by atoms with Gasteiger partial charge in [-0.2, -0.15) is 0 Å². The predicted octanol–water partition coefficient (Wildman–Crippen LogP) is 2.25. The zero-order valence-electron chi connectivity index (χ0n) is 10.5. The lowest BCUT2D eigenvalue weighted by molar-refractivity contribution is 0.254. The fourth-order valence-electron chi connectivity index (χ4n) is 2.63. The minimum atomic E-state index is 0.759. The lowest BCUT2D eigenvalue weighted by Crippen LogP contribution is -2.36. The second-order valence-corrected chi connectivity index (χ2v) is 5.63. The van der Waals surface area contributed by atoms with E-state index in [1.807, 2.05) is 0 Å². The molecule has 15 heavy (non-hydrogen) atoms. The van der Waals surface area contributed by atoms with E-state index in [1.165, 1.54) is 38.8 Å². The minimum absolute atomic E-state index is 0.759. The molecule has 2 heteroatoms. The Morgan fingerprint density at radius 1 is 1.40 bits per heavy atom. The van der Waals surface area contributed by atoms with Crippen LogP contribution in [0.2, 0.25) is 0 Å². The number of nitrogens with zero attached hydrogens (tertiary/aromatic N) is 1. The van der Waals surface area contributed by atoms with Crippen LogP contribution in [-0.4, -0.2) is 36.1 Å². The Kier molecular flexibility index (Phi) is 3.68. The summed E-state index contributed by atoms with van der Waals surface area (Å²) in [6, 6.07) is 2.51. The van der Waals surface area contributed by atoms with Crippen molar-refractivity contribution < 1.29 is 0 Å². The second kappa shape index (κ2) is 4.84. The summed E-state index contributed by atoms with van der Waals surface area (Å²) in [7, 11) is 0. The van der Waals surface area contributed by atoms with Gasteiger partial charge in [0, 0.05) is 24.7 Å². The highest BCUT2D eigenvalue weighted by atomic mass is 15.3. The van der Waals surface area contributed by atoms with E-state index >= 15 is 0 Å². The van der Waals surface area contributed by atoms with Crippen LogP contribution in [0.25, 0.3) is 0 Å². The molecule has 1 aliphatic heterocycles. The van der Waals surface area contributed by atoms with Gasteiger partial charge in [-0.15, -0.1) is 0 Å². The van der Waals surface area contributed by atoms with E-state index in [0.717, 1.165) is 24.0 Å². The fraction of sp³-hybridized carbons (Fsp3) is 1.00. The highest BCUT2D eigenvalue weighted by Crippen LogP contribution is 2.33. The second-order valence-electron chi connectivity index (χ2n) is 5.63. The van der Waals surface area contributed by atoms with Crippen molar-refractivity contribution in [3.05, 3.63) is 0 Å². The molecule has 0 aromatic rings. The average Bonchev–Trinajstić information content (AvgIpc) is 3.00. The molecule has 1 saturated carbocycles. The van der Waals surface area contributed by atoms with Crippen LogP contribution in [0, 0.1) is 5.92 Å². The van der Waals surface area contributed by atoms with Crippen molar-refractivity contribution in [3.8, 4) is 0 Å². The lowest BCUT2D eigenvalue weighted by atomic mass is 10.1. The molecular weight excluding hydrogens is 184 g/mol. The highest BCUT2D eigenvalue weighted by molar-refractivity contribution is 4.95. The van der Waals surface area contributed by atoms with Crippen molar-refractivity contribution in [2.75, 3.05) is 13.1 Å². The van der Waals surface area contributed by atoms with Crippen LogP contribution in [0.15, 0.2) is 0 Å². The summed E-state index contributed by atoms with van der Waals surface area (Å²) in [5, 5.41) is 3.73. The molecule has 0 aromatic carbocycles. The number of rotatable bonds is 5. The molecule has 2 nitrogen and oxygen atoms in total. The van der Waals surface area contributed by atoms with Gasteiger partial charge in [0.15, 0.2) is 0 Å². The van der Waals surface area contributed by atoms with Gasteiger partial charge in [-0.05, 0) is 38.6 Å². The summed E-state index contributed by atoms with van der Waals surface area (Å²) in [4.78, 5) is 2.72. The van der Waals surface area contributed by atoms with Crippen LogP contribution in [0.1, 0.15) is 46.5 Å². The van der Waals surface area contributed by atoms with Crippen LogP contribution in [0.5, 0.6) is 0 Å². The predicted molar refractivity (Wildman–Crippen MR) is 65.1 cm³/mol. The van der Waals surface area contributed by atoms with E-state index in [2.05, 4.69) is 31.0 Å². The highest BCUT2D eigenvalue weighted by Gasteiger charge is 2.38. The Bertz CT molecular complexity index is 201. The van der Waals surface area contributed by atoms with Crippen LogP contribution >= 0.6 is 0 Å². The Morgan fingerprint density at radius 3 is 2.73 bits per heavy atom. The van der Waals surface area contributed by atoms with Crippen molar-refractivity contribution in [1.29, 1.82) is 0 Å². The Morgan fingerprint density at radius 2 is 2.13 bits per heavy atom. The molecule has 2 fully saturated rings. The topological polar surface area (TPSA) is 15.3 Å². The van der Waals surface area contributed by atoms with Crippen molar-refractivity contribution in [3.63, 3.8) is 0 Å². The van der Waals surface area contributed by atoms with E-state index in [0.29, 0.717) is 0 Å². The maximum absolute atomic E-state index is 3.73. The first-order chi connectivity index (χ1) is 7.20. The smallest absolute Gasteiger partial charge is 0.0210 e.